The Morgan fingerprint density at radius 1 is 1.38 bits per heavy atom. The van der Waals surface area contributed by atoms with Crippen LogP contribution >= 0.6 is 11.6 Å². The van der Waals surface area contributed by atoms with Crippen LogP contribution in [0.1, 0.15) is 31.4 Å². The van der Waals surface area contributed by atoms with Crippen molar-refractivity contribution in [2.24, 2.45) is 0 Å². The van der Waals surface area contributed by atoms with Gasteiger partial charge in [0.1, 0.15) is 0 Å². The van der Waals surface area contributed by atoms with Gasteiger partial charge in [0, 0.05) is 18.4 Å². The summed E-state index contributed by atoms with van der Waals surface area (Å²) in [7, 11) is 0. The fourth-order valence-electron chi connectivity index (χ4n) is 2.08. The summed E-state index contributed by atoms with van der Waals surface area (Å²) >= 11 is 5.80. The van der Waals surface area contributed by atoms with Crippen molar-refractivity contribution in [2.75, 3.05) is 0 Å². The highest BCUT2D eigenvalue weighted by atomic mass is 35.5. The lowest BCUT2D eigenvalue weighted by Gasteiger charge is -2.21. The minimum Gasteiger partial charge on any atom is -0.275 e. The summed E-state index contributed by atoms with van der Waals surface area (Å²) in [4.78, 5) is 24.3. The highest BCUT2D eigenvalue weighted by Gasteiger charge is 2.34. The van der Waals surface area contributed by atoms with Crippen molar-refractivity contribution in [3.63, 3.8) is 0 Å². The summed E-state index contributed by atoms with van der Waals surface area (Å²) in [6.07, 6.45) is 1.13. The van der Waals surface area contributed by atoms with Gasteiger partial charge in [-0.3, -0.25) is 14.5 Å². The summed E-state index contributed by atoms with van der Waals surface area (Å²) < 4.78 is 0. The highest BCUT2D eigenvalue weighted by Crippen LogP contribution is 2.33. The van der Waals surface area contributed by atoms with Gasteiger partial charge in [0.15, 0.2) is 0 Å². The SMILES string of the molecule is CC(=O)N1C(=O)CCC1c1ccc(Cl)cc1. The Bertz CT molecular complexity index is 427. The van der Waals surface area contributed by atoms with Gasteiger partial charge >= 0.3 is 0 Å². The first-order valence-corrected chi connectivity index (χ1v) is 5.55. The topological polar surface area (TPSA) is 37.4 Å². The quantitative estimate of drug-likeness (QED) is 0.753. The molecular weight excluding hydrogens is 226 g/mol. The first kappa shape index (κ1) is 11.1. The predicted molar refractivity (Wildman–Crippen MR) is 61.0 cm³/mol. The van der Waals surface area contributed by atoms with E-state index in [2.05, 4.69) is 0 Å². The lowest BCUT2D eigenvalue weighted by atomic mass is 10.0. The average Bonchev–Trinajstić information content (AvgIpc) is 2.61. The molecule has 0 spiro atoms. The normalized spacial score (nSPS) is 20.2. The average molecular weight is 238 g/mol. The van der Waals surface area contributed by atoms with Crippen LogP contribution in [0.25, 0.3) is 0 Å². The molecule has 3 nitrogen and oxygen atoms in total. The molecule has 1 heterocycles. The van der Waals surface area contributed by atoms with E-state index in [-0.39, 0.29) is 17.9 Å². The number of hydrogen-bond donors (Lipinski definition) is 0. The van der Waals surface area contributed by atoms with Gasteiger partial charge in [-0.25, -0.2) is 0 Å². The first-order valence-electron chi connectivity index (χ1n) is 5.17. The van der Waals surface area contributed by atoms with E-state index < -0.39 is 0 Å². The number of benzene rings is 1. The Morgan fingerprint density at radius 3 is 2.56 bits per heavy atom. The Kier molecular flexibility index (Phi) is 2.97. The fourth-order valence-corrected chi connectivity index (χ4v) is 2.21. The van der Waals surface area contributed by atoms with E-state index in [4.69, 9.17) is 11.6 Å². The van der Waals surface area contributed by atoms with Crippen LogP contribution in [0.4, 0.5) is 0 Å². The molecule has 1 atom stereocenters. The van der Waals surface area contributed by atoms with E-state index in [0.29, 0.717) is 17.9 Å². The zero-order valence-corrected chi connectivity index (χ0v) is 9.70. The molecule has 0 aliphatic carbocycles. The van der Waals surface area contributed by atoms with Crippen molar-refractivity contribution in [3.05, 3.63) is 34.9 Å². The number of likely N-dealkylation sites (tertiary alicyclic amines) is 1. The van der Waals surface area contributed by atoms with Gasteiger partial charge < -0.3 is 0 Å². The Hall–Kier alpha value is -1.35. The standard InChI is InChI=1S/C12H12ClNO2/c1-8(15)14-11(6-7-12(14)16)9-2-4-10(13)5-3-9/h2-5,11H,6-7H2,1H3. The molecule has 1 aromatic rings. The molecule has 4 heteroatoms. The number of rotatable bonds is 1. The molecule has 2 amide bonds. The summed E-state index contributed by atoms with van der Waals surface area (Å²) in [6, 6.07) is 7.15. The maximum atomic E-state index is 11.5. The second kappa shape index (κ2) is 4.26. The van der Waals surface area contributed by atoms with Crippen LogP contribution in [0, 0.1) is 0 Å². The minimum absolute atomic E-state index is 0.0903. The molecular formula is C12H12ClNO2. The van der Waals surface area contributed by atoms with Crippen molar-refractivity contribution in [2.45, 2.75) is 25.8 Å². The second-order valence-corrected chi connectivity index (χ2v) is 4.33. The molecule has 0 N–H and O–H groups in total. The summed E-state index contributed by atoms with van der Waals surface area (Å²) in [6.45, 7) is 1.42. The van der Waals surface area contributed by atoms with Crippen LogP contribution in [0.15, 0.2) is 24.3 Å². The fraction of sp³-hybridized carbons (Fsp3) is 0.333. The van der Waals surface area contributed by atoms with Crippen LogP contribution < -0.4 is 0 Å². The minimum atomic E-state index is -0.192. The summed E-state index contributed by atoms with van der Waals surface area (Å²) in [5.41, 5.74) is 0.963. The monoisotopic (exact) mass is 237 g/mol. The molecule has 1 fully saturated rings. The molecule has 1 aliphatic heterocycles. The molecule has 2 rings (SSSR count). The molecule has 1 saturated heterocycles. The van der Waals surface area contributed by atoms with Gasteiger partial charge in [0.05, 0.1) is 6.04 Å². The third-order valence-electron chi connectivity index (χ3n) is 2.81. The number of carbonyl (C=O) groups is 2. The Labute approximate surface area is 99.0 Å². The van der Waals surface area contributed by atoms with E-state index in [9.17, 15) is 9.59 Å². The number of imide groups is 1. The van der Waals surface area contributed by atoms with Gasteiger partial charge in [-0.15, -0.1) is 0 Å². The third-order valence-corrected chi connectivity index (χ3v) is 3.06. The summed E-state index contributed by atoms with van der Waals surface area (Å²) in [5, 5.41) is 0.655. The molecule has 0 aromatic heterocycles. The van der Waals surface area contributed by atoms with Gasteiger partial charge in [0.25, 0.3) is 0 Å². The first-order chi connectivity index (χ1) is 7.59. The predicted octanol–water partition coefficient (Wildman–Crippen LogP) is 2.55. The number of halogens is 1. The van der Waals surface area contributed by atoms with E-state index in [1.165, 1.54) is 11.8 Å². The van der Waals surface area contributed by atoms with Gasteiger partial charge in [0.2, 0.25) is 11.8 Å². The lowest BCUT2D eigenvalue weighted by Crippen LogP contribution is -2.32. The largest absolute Gasteiger partial charge is 0.275 e. The van der Waals surface area contributed by atoms with E-state index in [1.54, 1.807) is 12.1 Å². The summed E-state index contributed by atoms with van der Waals surface area (Å²) in [5.74, 6) is -0.282. The van der Waals surface area contributed by atoms with E-state index in [1.807, 2.05) is 12.1 Å². The molecule has 1 aliphatic rings. The molecule has 16 heavy (non-hydrogen) atoms. The lowest BCUT2D eigenvalue weighted by molar-refractivity contribution is -0.142. The van der Waals surface area contributed by atoms with Crippen molar-refractivity contribution >= 4 is 23.4 Å². The Morgan fingerprint density at radius 2 is 2.00 bits per heavy atom. The van der Waals surface area contributed by atoms with E-state index >= 15 is 0 Å². The van der Waals surface area contributed by atoms with Crippen molar-refractivity contribution in [3.8, 4) is 0 Å². The zero-order valence-electron chi connectivity index (χ0n) is 8.94. The van der Waals surface area contributed by atoms with Crippen molar-refractivity contribution < 1.29 is 9.59 Å². The second-order valence-electron chi connectivity index (χ2n) is 3.89. The Balaban J connectivity index is 2.30. The smallest absolute Gasteiger partial charge is 0.229 e. The number of nitrogens with zero attached hydrogens (tertiary/aromatic N) is 1. The van der Waals surface area contributed by atoms with Crippen LogP contribution in [0.3, 0.4) is 0 Å². The van der Waals surface area contributed by atoms with Crippen molar-refractivity contribution in [1.29, 1.82) is 0 Å². The molecule has 84 valence electrons. The maximum Gasteiger partial charge on any atom is 0.229 e. The number of amides is 2. The number of hydrogen-bond acceptors (Lipinski definition) is 2. The molecule has 0 radical (unpaired) electrons. The number of carbonyl (C=O) groups excluding carboxylic acids is 2. The van der Waals surface area contributed by atoms with Crippen molar-refractivity contribution in [1.82, 2.24) is 4.90 Å². The third kappa shape index (κ3) is 1.95. The maximum absolute atomic E-state index is 11.5. The zero-order chi connectivity index (χ0) is 11.7. The molecule has 0 saturated carbocycles. The van der Waals surface area contributed by atoms with Gasteiger partial charge in [-0.1, -0.05) is 23.7 Å². The molecule has 1 aromatic carbocycles. The van der Waals surface area contributed by atoms with Gasteiger partial charge in [-0.2, -0.15) is 0 Å². The van der Waals surface area contributed by atoms with Crippen LogP contribution in [0.2, 0.25) is 5.02 Å². The molecule has 1 unspecified atom stereocenters. The molecule has 0 bridgehead atoms. The van der Waals surface area contributed by atoms with Crippen LogP contribution in [-0.4, -0.2) is 16.7 Å². The van der Waals surface area contributed by atoms with E-state index in [0.717, 1.165) is 5.56 Å². The van der Waals surface area contributed by atoms with Crippen LogP contribution in [-0.2, 0) is 9.59 Å². The van der Waals surface area contributed by atoms with Gasteiger partial charge in [-0.05, 0) is 24.1 Å². The highest BCUT2D eigenvalue weighted by molar-refractivity contribution is 6.30. The van der Waals surface area contributed by atoms with Crippen LogP contribution in [0.5, 0.6) is 0 Å².